The zero-order valence-electron chi connectivity index (χ0n) is 17.0. The maximum atomic E-state index is 11.9. The number of hydrogen-bond acceptors (Lipinski definition) is 8. The second-order valence-corrected chi connectivity index (χ2v) is 11.1. The topological polar surface area (TPSA) is 103 Å². The summed E-state index contributed by atoms with van der Waals surface area (Å²) in [6.07, 6.45) is 2.06. The average molecular weight is 464 g/mol. The summed E-state index contributed by atoms with van der Waals surface area (Å²) in [6.45, 7) is 0.600. The molecule has 8 nitrogen and oxygen atoms in total. The average Bonchev–Trinajstić information content (AvgIpc) is 3.38. The Morgan fingerprint density at radius 3 is 2.68 bits per heavy atom. The van der Waals surface area contributed by atoms with E-state index in [0.29, 0.717) is 41.0 Å². The van der Waals surface area contributed by atoms with Crippen molar-refractivity contribution in [1.82, 2.24) is 4.98 Å². The molecule has 0 unspecified atom stereocenters. The molecule has 2 aromatic rings. The first-order valence-electron chi connectivity index (χ1n) is 9.89. The van der Waals surface area contributed by atoms with Gasteiger partial charge >= 0.3 is 0 Å². The van der Waals surface area contributed by atoms with Crippen LogP contribution in [0.5, 0.6) is 0 Å². The van der Waals surface area contributed by atoms with Crippen molar-refractivity contribution in [2.75, 3.05) is 25.7 Å². The van der Waals surface area contributed by atoms with Gasteiger partial charge in [0.15, 0.2) is 12.0 Å². The van der Waals surface area contributed by atoms with Crippen molar-refractivity contribution in [2.24, 2.45) is 9.36 Å². The van der Waals surface area contributed by atoms with E-state index in [1.165, 1.54) is 0 Å². The molecule has 1 aromatic carbocycles. The fourth-order valence-electron chi connectivity index (χ4n) is 3.99. The van der Waals surface area contributed by atoms with E-state index in [9.17, 15) is 9.32 Å². The fraction of sp³-hybridized carbons (Fsp3) is 0.429. The number of benzene rings is 1. The Morgan fingerprint density at radius 2 is 1.94 bits per heavy atom. The number of aliphatic imine (C=N–C) groups is 1. The predicted molar refractivity (Wildman–Crippen MR) is 118 cm³/mol. The van der Waals surface area contributed by atoms with Crippen molar-refractivity contribution in [1.29, 1.82) is 0 Å². The van der Waals surface area contributed by atoms with Gasteiger partial charge in [0.2, 0.25) is 0 Å². The highest BCUT2D eigenvalue weighted by Crippen LogP contribution is 2.36. The van der Waals surface area contributed by atoms with Gasteiger partial charge in [0, 0.05) is 27.8 Å². The van der Waals surface area contributed by atoms with Crippen LogP contribution in [-0.4, -0.2) is 70.3 Å². The molecule has 1 N–H and O–H groups in total. The number of nitrogens with zero attached hydrogens (tertiary/aromatic N) is 3. The largest absolute Gasteiger partial charge is 0.472 e. The van der Waals surface area contributed by atoms with Crippen LogP contribution in [-0.2, 0) is 30.4 Å². The third-order valence-corrected chi connectivity index (χ3v) is 6.27. The first kappa shape index (κ1) is 20.8. The summed E-state index contributed by atoms with van der Waals surface area (Å²) in [5, 5.41) is 10.4. The number of fused-ring (bicyclic) bond motifs is 2. The molecule has 2 fully saturated rings. The van der Waals surface area contributed by atoms with E-state index >= 15 is 0 Å². The molecule has 0 radical (unpaired) electrons. The first-order valence-corrected chi connectivity index (χ1v) is 12.6. The number of aliphatic hydroxyl groups excluding tert-OH is 1. The Hall–Kier alpha value is -2.04. The minimum atomic E-state index is -2.22. The van der Waals surface area contributed by atoms with Crippen molar-refractivity contribution in [3.63, 3.8) is 0 Å². The van der Waals surface area contributed by atoms with Gasteiger partial charge in [0.05, 0.1) is 47.4 Å². The SMILES string of the molecule is CS(C)(=O)=Nc1ccc(-c2nc3c(cc2Cl)N=C(O[C@@H]2CO[C@H]4[C@@H]2OC[C@H]4O)C3)cc1. The molecule has 10 heteroatoms. The third-order valence-electron chi connectivity index (χ3n) is 5.33. The van der Waals surface area contributed by atoms with Gasteiger partial charge in [-0.25, -0.2) is 14.2 Å². The number of ether oxygens (including phenoxy) is 3. The van der Waals surface area contributed by atoms with E-state index < -0.39 is 15.8 Å². The van der Waals surface area contributed by atoms with E-state index in [0.717, 1.165) is 11.3 Å². The molecule has 3 aliphatic rings. The van der Waals surface area contributed by atoms with Gasteiger partial charge in [-0.15, -0.1) is 0 Å². The summed E-state index contributed by atoms with van der Waals surface area (Å²) in [7, 11) is -2.22. The monoisotopic (exact) mass is 463 g/mol. The quantitative estimate of drug-likeness (QED) is 0.750. The normalized spacial score (nSPS) is 27.0. The van der Waals surface area contributed by atoms with Crippen molar-refractivity contribution in [3.8, 4) is 11.3 Å². The van der Waals surface area contributed by atoms with Crippen LogP contribution < -0.4 is 0 Å². The molecule has 0 bridgehead atoms. The summed E-state index contributed by atoms with van der Waals surface area (Å²) in [5.41, 5.74) is 3.57. The van der Waals surface area contributed by atoms with Crippen molar-refractivity contribution in [3.05, 3.63) is 41.0 Å². The summed E-state index contributed by atoms with van der Waals surface area (Å²) in [6, 6.07) is 9.09. The lowest BCUT2D eigenvalue weighted by molar-refractivity contribution is 0.00558. The van der Waals surface area contributed by atoms with Crippen LogP contribution >= 0.6 is 11.6 Å². The molecule has 1 aromatic heterocycles. The second kappa shape index (κ2) is 7.83. The summed E-state index contributed by atoms with van der Waals surface area (Å²) in [4.78, 5) is 9.24. The zero-order valence-corrected chi connectivity index (χ0v) is 18.6. The molecule has 0 spiro atoms. The summed E-state index contributed by atoms with van der Waals surface area (Å²) >= 11 is 6.49. The fourth-order valence-corrected chi connectivity index (χ4v) is 4.87. The molecule has 0 aliphatic carbocycles. The van der Waals surface area contributed by atoms with Crippen molar-refractivity contribution in [2.45, 2.75) is 30.8 Å². The highest BCUT2D eigenvalue weighted by molar-refractivity contribution is 7.92. The molecule has 2 saturated heterocycles. The maximum Gasteiger partial charge on any atom is 0.195 e. The molecule has 4 atom stereocenters. The van der Waals surface area contributed by atoms with Crippen LogP contribution in [0.3, 0.4) is 0 Å². The number of hydrogen-bond donors (Lipinski definition) is 1. The molecule has 3 aliphatic heterocycles. The lowest BCUT2D eigenvalue weighted by Gasteiger charge is -2.17. The smallest absolute Gasteiger partial charge is 0.195 e. The van der Waals surface area contributed by atoms with Gasteiger partial charge in [-0.3, -0.25) is 0 Å². The Labute approximate surface area is 185 Å². The van der Waals surface area contributed by atoms with Crippen molar-refractivity contribution < 1.29 is 23.5 Å². The predicted octanol–water partition coefficient (Wildman–Crippen LogP) is 2.89. The van der Waals surface area contributed by atoms with Crippen LogP contribution in [0.25, 0.3) is 11.3 Å². The molecule has 5 rings (SSSR count). The molecular weight excluding hydrogens is 442 g/mol. The van der Waals surface area contributed by atoms with Crippen LogP contribution in [0.1, 0.15) is 5.69 Å². The lowest BCUT2D eigenvalue weighted by Crippen LogP contribution is -2.34. The molecule has 0 amide bonds. The summed E-state index contributed by atoms with van der Waals surface area (Å²) in [5.74, 6) is 0.532. The van der Waals surface area contributed by atoms with E-state index in [-0.39, 0.29) is 24.9 Å². The van der Waals surface area contributed by atoms with Crippen LogP contribution in [0.15, 0.2) is 39.7 Å². The number of halogens is 1. The minimum absolute atomic E-state index is 0.252. The van der Waals surface area contributed by atoms with Crippen LogP contribution in [0, 0.1) is 0 Å². The molecule has 0 saturated carbocycles. The molecular formula is C21H22ClN3O5S. The standard InChI is InChI=1S/C21H22ClN3O5S/c1-31(2,27)25-12-5-3-11(4-6-12)19-13(22)7-14-15(24-19)8-18(23-14)30-17-10-29-20-16(26)9-28-21(17)20/h3-7,16-17,20-21,26H,8-10H2,1-2H3/t16-,17-,20-,21-/m1/s1. The first-order chi connectivity index (χ1) is 14.8. The van der Waals surface area contributed by atoms with Gasteiger partial charge in [-0.2, -0.15) is 4.36 Å². The number of rotatable bonds is 3. The molecule has 164 valence electrons. The van der Waals surface area contributed by atoms with Gasteiger partial charge in [0.1, 0.15) is 18.3 Å². The van der Waals surface area contributed by atoms with E-state index in [1.807, 2.05) is 12.1 Å². The minimum Gasteiger partial charge on any atom is -0.472 e. The number of aromatic nitrogens is 1. The lowest BCUT2D eigenvalue weighted by atomic mass is 10.1. The van der Waals surface area contributed by atoms with Crippen LogP contribution in [0.4, 0.5) is 11.4 Å². The van der Waals surface area contributed by atoms with Gasteiger partial charge in [-0.1, -0.05) is 23.7 Å². The highest BCUT2D eigenvalue weighted by atomic mass is 35.5. The van der Waals surface area contributed by atoms with E-state index in [2.05, 4.69) is 9.36 Å². The third kappa shape index (κ3) is 4.20. The zero-order chi connectivity index (χ0) is 21.8. The summed E-state index contributed by atoms with van der Waals surface area (Å²) < 4.78 is 33.3. The number of pyridine rings is 1. The molecule has 4 heterocycles. The van der Waals surface area contributed by atoms with Gasteiger partial charge < -0.3 is 19.3 Å². The Bertz CT molecular complexity index is 1170. The Balaban J connectivity index is 1.33. The van der Waals surface area contributed by atoms with Crippen LogP contribution in [0.2, 0.25) is 5.02 Å². The molecule has 31 heavy (non-hydrogen) atoms. The van der Waals surface area contributed by atoms with Crippen molar-refractivity contribution >= 4 is 38.6 Å². The second-order valence-electron chi connectivity index (χ2n) is 8.11. The van der Waals surface area contributed by atoms with Gasteiger partial charge in [-0.05, 0) is 18.2 Å². The van der Waals surface area contributed by atoms with Gasteiger partial charge in [0.25, 0.3) is 0 Å². The van der Waals surface area contributed by atoms with E-state index in [4.69, 9.17) is 30.8 Å². The number of aliphatic hydroxyl groups is 1. The van der Waals surface area contributed by atoms with E-state index in [1.54, 1.807) is 30.7 Å². The maximum absolute atomic E-state index is 11.9. The highest BCUT2D eigenvalue weighted by Gasteiger charge is 2.48. The Morgan fingerprint density at radius 1 is 1.19 bits per heavy atom. The Kier molecular flexibility index (Phi) is 5.26.